The number of piperidine rings is 3. The molecule has 0 aromatic heterocycles. The number of hydrogen-bond acceptors (Lipinski definition) is 3. The van der Waals surface area contributed by atoms with Gasteiger partial charge < -0.3 is 4.74 Å². The van der Waals surface area contributed by atoms with Crippen LogP contribution in [0.15, 0.2) is 89.9 Å². The SMILES string of the molecule is COc1ccccc1CN=C1C2CCN(CC2)[C@H]1C(c1ccccc1)c1ccccc1. The van der Waals surface area contributed by atoms with Crippen LogP contribution in [0.5, 0.6) is 5.75 Å². The van der Waals surface area contributed by atoms with Crippen LogP contribution in [0.3, 0.4) is 0 Å². The van der Waals surface area contributed by atoms with Crippen molar-refractivity contribution in [2.24, 2.45) is 10.9 Å². The lowest BCUT2D eigenvalue weighted by Gasteiger charge is -2.49. The molecular weight excluding hydrogens is 380 g/mol. The summed E-state index contributed by atoms with van der Waals surface area (Å²) in [7, 11) is 1.74. The fraction of sp³-hybridized carbons (Fsp3) is 0.321. The summed E-state index contributed by atoms with van der Waals surface area (Å²) in [4.78, 5) is 7.97. The molecule has 1 atom stereocenters. The van der Waals surface area contributed by atoms with Crippen molar-refractivity contribution >= 4 is 5.71 Å². The van der Waals surface area contributed by atoms with Gasteiger partial charge in [0.25, 0.3) is 0 Å². The van der Waals surface area contributed by atoms with Gasteiger partial charge in [-0.15, -0.1) is 0 Å². The Hall–Kier alpha value is -2.91. The van der Waals surface area contributed by atoms with Crippen molar-refractivity contribution in [1.82, 2.24) is 4.90 Å². The van der Waals surface area contributed by atoms with Crippen molar-refractivity contribution in [3.05, 3.63) is 102 Å². The minimum absolute atomic E-state index is 0.293. The van der Waals surface area contributed by atoms with Gasteiger partial charge in [0.05, 0.1) is 19.7 Å². The molecule has 3 aromatic carbocycles. The Morgan fingerprint density at radius 3 is 2.03 bits per heavy atom. The van der Waals surface area contributed by atoms with Gasteiger partial charge in [0, 0.05) is 23.1 Å². The van der Waals surface area contributed by atoms with Gasteiger partial charge in [-0.05, 0) is 43.1 Å². The molecule has 2 bridgehead atoms. The maximum atomic E-state index is 5.58. The zero-order valence-electron chi connectivity index (χ0n) is 18.2. The van der Waals surface area contributed by atoms with Gasteiger partial charge in [-0.3, -0.25) is 9.89 Å². The van der Waals surface area contributed by atoms with E-state index in [2.05, 4.69) is 77.7 Å². The summed E-state index contributed by atoms with van der Waals surface area (Å²) in [6.07, 6.45) is 2.44. The maximum absolute atomic E-state index is 5.58. The van der Waals surface area contributed by atoms with E-state index in [0.29, 0.717) is 24.4 Å². The lowest BCUT2D eigenvalue weighted by atomic mass is 9.72. The van der Waals surface area contributed by atoms with E-state index in [1.165, 1.54) is 42.8 Å². The molecule has 0 amide bonds. The molecule has 158 valence electrons. The first-order valence-corrected chi connectivity index (χ1v) is 11.3. The number of benzene rings is 3. The molecule has 31 heavy (non-hydrogen) atoms. The highest BCUT2D eigenvalue weighted by Gasteiger charge is 2.43. The first kappa shape index (κ1) is 20.0. The van der Waals surface area contributed by atoms with Crippen LogP contribution >= 0.6 is 0 Å². The van der Waals surface area contributed by atoms with Crippen molar-refractivity contribution in [2.75, 3.05) is 20.2 Å². The van der Waals surface area contributed by atoms with Crippen molar-refractivity contribution in [3.8, 4) is 5.75 Å². The molecule has 3 fully saturated rings. The van der Waals surface area contributed by atoms with E-state index >= 15 is 0 Å². The quantitative estimate of drug-likeness (QED) is 0.531. The molecule has 3 saturated heterocycles. The van der Waals surface area contributed by atoms with Crippen LogP contribution in [0, 0.1) is 5.92 Å². The van der Waals surface area contributed by atoms with E-state index in [-0.39, 0.29) is 0 Å². The molecule has 3 aromatic rings. The largest absolute Gasteiger partial charge is 0.496 e. The van der Waals surface area contributed by atoms with Crippen LogP contribution < -0.4 is 4.74 Å². The fourth-order valence-electron chi connectivity index (χ4n) is 5.39. The van der Waals surface area contributed by atoms with E-state index in [1.54, 1.807) is 7.11 Å². The lowest BCUT2D eigenvalue weighted by molar-refractivity contribution is 0.135. The minimum atomic E-state index is 0.293. The van der Waals surface area contributed by atoms with Crippen LogP contribution in [-0.2, 0) is 6.54 Å². The molecular formula is C28H30N2O. The molecule has 0 radical (unpaired) electrons. The number of nitrogens with zero attached hydrogens (tertiary/aromatic N) is 2. The first-order valence-electron chi connectivity index (χ1n) is 11.3. The standard InChI is InChI=1S/C28H30N2O/c1-31-25-15-9-8-14-24(25)20-29-27-23-16-18-30(19-17-23)28(27)26(21-10-4-2-5-11-21)22-12-6-3-7-13-22/h2-15,23,26,28H,16-20H2,1H3/t28-/m0/s1. The average molecular weight is 411 g/mol. The second-order valence-corrected chi connectivity index (χ2v) is 8.61. The third-order valence-electron chi connectivity index (χ3n) is 6.90. The Labute approximate surface area is 185 Å². The molecule has 3 heterocycles. The number of ether oxygens (including phenoxy) is 1. The zero-order chi connectivity index (χ0) is 21.0. The van der Waals surface area contributed by atoms with E-state index in [4.69, 9.17) is 9.73 Å². The summed E-state index contributed by atoms with van der Waals surface area (Å²) in [6, 6.07) is 30.5. The maximum Gasteiger partial charge on any atom is 0.123 e. The van der Waals surface area contributed by atoms with Crippen LogP contribution in [0.25, 0.3) is 0 Å². The highest BCUT2D eigenvalue weighted by molar-refractivity contribution is 5.94. The molecule has 0 unspecified atom stereocenters. The topological polar surface area (TPSA) is 24.8 Å². The van der Waals surface area contributed by atoms with Gasteiger partial charge in [-0.1, -0.05) is 78.9 Å². The van der Waals surface area contributed by atoms with Gasteiger partial charge >= 0.3 is 0 Å². The third kappa shape index (κ3) is 4.03. The smallest absolute Gasteiger partial charge is 0.123 e. The molecule has 0 N–H and O–H groups in total. The predicted molar refractivity (Wildman–Crippen MR) is 127 cm³/mol. The summed E-state index contributed by atoms with van der Waals surface area (Å²) < 4.78 is 5.58. The van der Waals surface area contributed by atoms with E-state index in [9.17, 15) is 0 Å². The molecule has 0 spiro atoms. The Kier molecular flexibility index (Phi) is 5.86. The number of fused-ring (bicyclic) bond motifs is 3. The number of rotatable bonds is 6. The molecule has 3 heteroatoms. The summed E-state index contributed by atoms with van der Waals surface area (Å²) >= 11 is 0. The monoisotopic (exact) mass is 410 g/mol. The lowest BCUT2D eigenvalue weighted by Crippen LogP contribution is -2.58. The van der Waals surface area contributed by atoms with Gasteiger partial charge in [0.2, 0.25) is 0 Å². The van der Waals surface area contributed by atoms with Gasteiger partial charge in [-0.2, -0.15) is 0 Å². The van der Waals surface area contributed by atoms with Crippen molar-refractivity contribution in [3.63, 3.8) is 0 Å². The first-order chi connectivity index (χ1) is 15.3. The second kappa shape index (κ2) is 9.07. The average Bonchev–Trinajstić information content (AvgIpc) is 2.85. The van der Waals surface area contributed by atoms with Gasteiger partial charge in [0.15, 0.2) is 0 Å². The molecule has 3 nitrogen and oxygen atoms in total. The number of methoxy groups -OCH3 is 1. The summed E-state index contributed by atoms with van der Waals surface area (Å²) in [6.45, 7) is 3.01. The molecule has 0 saturated carbocycles. The van der Waals surface area contributed by atoms with Crippen molar-refractivity contribution < 1.29 is 4.74 Å². The van der Waals surface area contributed by atoms with Crippen LogP contribution in [0.1, 0.15) is 35.4 Å². The Bertz CT molecular complexity index is 984. The second-order valence-electron chi connectivity index (χ2n) is 8.61. The molecule has 6 rings (SSSR count). The number of para-hydroxylation sites is 1. The fourth-order valence-corrected chi connectivity index (χ4v) is 5.39. The minimum Gasteiger partial charge on any atom is -0.496 e. The van der Waals surface area contributed by atoms with Crippen molar-refractivity contribution in [1.29, 1.82) is 0 Å². The van der Waals surface area contributed by atoms with E-state index in [0.717, 1.165) is 11.3 Å². The summed E-state index contributed by atoms with van der Waals surface area (Å²) in [5.74, 6) is 1.80. The van der Waals surface area contributed by atoms with Crippen LogP contribution in [0.4, 0.5) is 0 Å². The van der Waals surface area contributed by atoms with Crippen LogP contribution in [0.2, 0.25) is 0 Å². The molecule has 3 aliphatic heterocycles. The van der Waals surface area contributed by atoms with Crippen molar-refractivity contribution in [2.45, 2.75) is 31.3 Å². The van der Waals surface area contributed by atoms with Gasteiger partial charge in [0.1, 0.15) is 5.75 Å². The predicted octanol–water partition coefficient (Wildman–Crippen LogP) is 5.56. The van der Waals surface area contributed by atoms with Crippen LogP contribution in [-0.4, -0.2) is 36.9 Å². The van der Waals surface area contributed by atoms with E-state index < -0.39 is 0 Å². The highest BCUT2D eigenvalue weighted by Crippen LogP contribution is 2.40. The molecule has 0 aliphatic carbocycles. The Balaban J connectivity index is 1.56. The Morgan fingerprint density at radius 1 is 0.839 bits per heavy atom. The van der Waals surface area contributed by atoms with E-state index in [1.807, 2.05) is 12.1 Å². The zero-order valence-corrected chi connectivity index (χ0v) is 18.2. The summed E-state index contributed by atoms with van der Waals surface area (Å²) in [5, 5.41) is 0. The van der Waals surface area contributed by atoms with Gasteiger partial charge in [-0.25, -0.2) is 0 Å². The Morgan fingerprint density at radius 2 is 1.42 bits per heavy atom. The number of hydrogen-bond donors (Lipinski definition) is 0. The summed E-state index contributed by atoms with van der Waals surface area (Å²) in [5.41, 5.74) is 5.28. The molecule has 3 aliphatic rings. The normalized spacial score (nSPS) is 23.9. The third-order valence-corrected chi connectivity index (χ3v) is 6.90. The number of aliphatic imine (C=N–C) groups is 1. The highest BCUT2D eigenvalue weighted by atomic mass is 16.5.